The van der Waals surface area contributed by atoms with Crippen molar-refractivity contribution in [2.45, 2.75) is 81.5 Å². The molecule has 9 rings (SSSR count). The highest BCUT2D eigenvalue weighted by Crippen LogP contribution is 2.44. The average molecular weight is 779 g/mol. The lowest BCUT2D eigenvalue weighted by Crippen LogP contribution is -2.54. The first-order valence-corrected chi connectivity index (χ1v) is 19.9. The summed E-state index contributed by atoms with van der Waals surface area (Å²) in [5.74, 6) is -1.55. The van der Waals surface area contributed by atoms with Crippen LogP contribution in [0.3, 0.4) is 0 Å². The summed E-state index contributed by atoms with van der Waals surface area (Å²) in [6.07, 6.45) is 4.36. The summed E-state index contributed by atoms with van der Waals surface area (Å²) < 4.78 is 11.5. The molecule has 3 atom stereocenters. The zero-order valence-electron chi connectivity index (χ0n) is 31.7. The Bertz CT molecular complexity index is 2110. The molecule has 0 radical (unpaired) electrons. The second-order valence-electron chi connectivity index (χ2n) is 16.1. The number of nitrogens with zero attached hydrogens (tertiary/aromatic N) is 5. The fraction of sp³-hybridized carbons (Fsp3) is 0.488. The molecule has 2 aromatic carbocycles. The smallest absolute Gasteiger partial charge is 0.410 e. The topological polar surface area (TPSA) is 187 Å². The van der Waals surface area contributed by atoms with Gasteiger partial charge in [-0.15, -0.1) is 0 Å². The highest BCUT2D eigenvalue weighted by molar-refractivity contribution is 6.23. The fourth-order valence-corrected chi connectivity index (χ4v) is 8.94. The van der Waals surface area contributed by atoms with Crippen molar-refractivity contribution in [1.29, 1.82) is 0 Å². The molecule has 5 fully saturated rings. The van der Waals surface area contributed by atoms with Crippen LogP contribution in [-0.4, -0.2) is 124 Å². The summed E-state index contributed by atoms with van der Waals surface area (Å²) in [4.78, 5) is 83.7. The van der Waals surface area contributed by atoms with Crippen molar-refractivity contribution in [3.8, 4) is 0 Å². The number of rotatable bonds is 9. The van der Waals surface area contributed by atoms with Gasteiger partial charge in [-0.3, -0.25) is 49.1 Å². The van der Waals surface area contributed by atoms with Crippen molar-refractivity contribution < 1.29 is 38.2 Å². The SMILES string of the molecule is O=C1CCC(N2C(=O)c3ccc(N4CCN(Cc5ccc(CC(=O)Nc6cc([C@H]7CC[C@@H](OC(=O)N8CCOCC89CC9)C7)[nH]n6)cc5)CC4)cc3C2=O)C(=O)N1. The number of morpholine rings is 1. The van der Waals surface area contributed by atoms with Gasteiger partial charge in [0.1, 0.15) is 12.1 Å². The third-order valence-corrected chi connectivity index (χ3v) is 12.4. The van der Waals surface area contributed by atoms with Gasteiger partial charge in [0.2, 0.25) is 17.7 Å². The molecule has 16 nitrogen and oxygen atoms in total. The van der Waals surface area contributed by atoms with E-state index in [1.807, 2.05) is 41.3 Å². The Kier molecular flexibility index (Phi) is 9.76. The maximum atomic E-state index is 13.3. The van der Waals surface area contributed by atoms with Crippen molar-refractivity contribution in [1.82, 2.24) is 30.2 Å². The second kappa shape index (κ2) is 15.0. The van der Waals surface area contributed by atoms with Crippen LogP contribution in [0.2, 0.25) is 0 Å². The minimum Gasteiger partial charge on any atom is -0.446 e. The number of H-pyrrole nitrogens is 1. The summed E-state index contributed by atoms with van der Waals surface area (Å²) in [6, 6.07) is 14.2. The van der Waals surface area contributed by atoms with E-state index in [4.69, 9.17) is 9.47 Å². The summed E-state index contributed by atoms with van der Waals surface area (Å²) in [5.41, 5.74) is 4.20. The number of imide groups is 2. The van der Waals surface area contributed by atoms with E-state index < -0.39 is 29.7 Å². The van der Waals surface area contributed by atoms with Gasteiger partial charge in [0, 0.05) is 69.1 Å². The van der Waals surface area contributed by atoms with Crippen molar-refractivity contribution in [3.05, 3.63) is 76.5 Å². The van der Waals surface area contributed by atoms with Crippen LogP contribution < -0.4 is 15.5 Å². The number of anilines is 2. The predicted octanol–water partition coefficient (Wildman–Crippen LogP) is 2.95. The normalized spacial score (nSPS) is 24.5. The van der Waals surface area contributed by atoms with Crippen LogP contribution in [0.15, 0.2) is 48.5 Å². The van der Waals surface area contributed by atoms with Gasteiger partial charge in [0.15, 0.2) is 5.82 Å². The van der Waals surface area contributed by atoms with Crippen LogP contribution in [0.5, 0.6) is 0 Å². The van der Waals surface area contributed by atoms with Crippen molar-refractivity contribution >= 4 is 47.1 Å². The molecule has 16 heteroatoms. The van der Waals surface area contributed by atoms with Gasteiger partial charge in [-0.1, -0.05) is 24.3 Å². The number of ether oxygens (including phenoxy) is 2. The fourth-order valence-electron chi connectivity index (χ4n) is 8.94. The molecule has 3 saturated heterocycles. The van der Waals surface area contributed by atoms with E-state index in [2.05, 4.69) is 30.6 Å². The van der Waals surface area contributed by atoms with Crippen LogP contribution in [0.1, 0.15) is 88.4 Å². The summed E-state index contributed by atoms with van der Waals surface area (Å²) >= 11 is 0. The largest absolute Gasteiger partial charge is 0.446 e. The van der Waals surface area contributed by atoms with Crippen LogP contribution in [-0.2, 0) is 36.8 Å². The second-order valence-corrected chi connectivity index (χ2v) is 16.1. The molecule has 3 N–H and O–H groups in total. The van der Waals surface area contributed by atoms with E-state index in [0.717, 1.165) is 92.2 Å². The van der Waals surface area contributed by atoms with Crippen LogP contribution in [0, 0.1) is 0 Å². The monoisotopic (exact) mass is 778 g/mol. The molecule has 1 aromatic heterocycles. The predicted molar refractivity (Wildman–Crippen MR) is 204 cm³/mol. The van der Waals surface area contributed by atoms with E-state index in [9.17, 15) is 28.8 Å². The molecule has 6 amide bonds. The van der Waals surface area contributed by atoms with Gasteiger partial charge in [0.05, 0.1) is 36.3 Å². The Labute approximate surface area is 329 Å². The number of carbonyl (C=O) groups is 6. The number of hydrogen-bond acceptors (Lipinski definition) is 11. The van der Waals surface area contributed by atoms with Crippen LogP contribution in [0.25, 0.3) is 0 Å². The van der Waals surface area contributed by atoms with E-state index >= 15 is 0 Å². The van der Waals surface area contributed by atoms with E-state index in [-0.39, 0.29) is 60.0 Å². The number of piperidine rings is 1. The number of fused-ring (bicyclic) bond motifs is 1. The van der Waals surface area contributed by atoms with Crippen molar-refractivity contribution in [2.24, 2.45) is 0 Å². The molecule has 1 unspecified atom stereocenters. The number of benzene rings is 2. The molecule has 0 bridgehead atoms. The van der Waals surface area contributed by atoms with Gasteiger partial charge >= 0.3 is 6.09 Å². The molecule has 5 heterocycles. The molecule has 1 spiro atoms. The molecule has 298 valence electrons. The summed E-state index contributed by atoms with van der Waals surface area (Å²) in [5, 5.41) is 12.5. The van der Waals surface area contributed by atoms with Crippen molar-refractivity contribution in [3.63, 3.8) is 0 Å². The maximum absolute atomic E-state index is 13.3. The average Bonchev–Trinajstić information content (AvgIpc) is 3.48. The van der Waals surface area contributed by atoms with Crippen molar-refractivity contribution in [2.75, 3.05) is 56.2 Å². The molecule has 4 aliphatic heterocycles. The van der Waals surface area contributed by atoms with Gasteiger partial charge < -0.3 is 19.7 Å². The Morgan fingerprint density at radius 3 is 2.44 bits per heavy atom. The molecular formula is C41H46N8O8. The van der Waals surface area contributed by atoms with E-state index in [1.54, 1.807) is 12.1 Å². The maximum Gasteiger partial charge on any atom is 0.410 e. The minimum atomic E-state index is -0.988. The Hall–Kier alpha value is -5.61. The third kappa shape index (κ3) is 7.50. The lowest BCUT2D eigenvalue weighted by molar-refractivity contribution is -0.136. The van der Waals surface area contributed by atoms with Gasteiger partial charge in [0.25, 0.3) is 11.8 Å². The number of piperazine rings is 1. The Morgan fingerprint density at radius 2 is 1.67 bits per heavy atom. The van der Waals surface area contributed by atoms with E-state index in [1.165, 1.54) is 0 Å². The Balaban J connectivity index is 0.716. The van der Waals surface area contributed by atoms with Crippen LogP contribution >= 0.6 is 0 Å². The minimum absolute atomic E-state index is 0.0799. The molecule has 2 aliphatic carbocycles. The van der Waals surface area contributed by atoms with Crippen LogP contribution in [0.4, 0.5) is 16.3 Å². The zero-order chi connectivity index (χ0) is 39.3. The molecular weight excluding hydrogens is 732 g/mol. The van der Waals surface area contributed by atoms with Gasteiger partial charge in [-0.2, -0.15) is 5.10 Å². The number of aromatic amines is 1. The standard InChI is InChI=1S/C41H46N8O8/c50-35-10-9-33(37(52)43-35)49-38(53)30-8-6-28(21-31(30)39(49)54)47-15-13-46(14-16-47)23-26-3-1-25(2-4-26)19-36(51)42-34-22-32(44-45-34)27-5-7-29(20-27)57-40(55)48-17-18-56-24-41(48)11-12-41/h1-4,6,8,21-22,27,29,33H,5,7,9-20,23-24H2,(H,43,50,52)(H2,42,44,45,51)/t27-,29+,33?/m0/s1. The molecule has 3 aromatic rings. The van der Waals surface area contributed by atoms with Gasteiger partial charge in [-0.25, -0.2) is 4.79 Å². The number of hydrogen-bond donors (Lipinski definition) is 3. The lowest BCUT2D eigenvalue weighted by atomic mass is 10.0. The first-order chi connectivity index (χ1) is 27.6. The van der Waals surface area contributed by atoms with E-state index in [0.29, 0.717) is 25.6 Å². The van der Waals surface area contributed by atoms with Gasteiger partial charge in [-0.05, 0) is 67.9 Å². The third-order valence-electron chi connectivity index (χ3n) is 12.4. The number of aromatic nitrogens is 2. The highest BCUT2D eigenvalue weighted by atomic mass is 16.6. The number of amides is 6. The molecule has 6 aliphatic rings. The number of nitrogens with one attached hydrogen (secondary N) is 3. The first kappa shape index (κ1) is 37.0. The highest BCUT2D eigenvalue weighted by Gasteiger charge is 2.53. The molecule has 57 heavy (non-hydrogen) atoms. The lowest BCUT2D eigenvalue weighted by Gasteiger charge is -2.36. The first-order valence-electron chi connectivity index (χ1n) is 19.9. The Morgan fingerprint density at radius 1 is 0.895 bits per heavy atom. The molecule has 2 saturated carbocycles. The quantitative estimate of drug-likeness (QED) is 0.271. The number of carbonyl (C=O) groups excluding carboxylic acids is 6. The summed E-state index contributed by atoms with van der Waals surface area (Å²) in [7, 11) is 0. The summed E-state index contributed by atoms with van der Waals surface area (Å²) in [6.45, 7) is 5.53. The zero-order valence-corrected chi connectivity index (χ0v) is 31.7.